The maximum absolute atomic E-state index is 13.3. The Balaban J connectivity index is 0.781. The first-order valence-corrected chi connectivity index (χ1v) is 26.7. The molecule has 0 aliphatic carbocycles. The highest BCUT2D eigenvalue weighted by Gasteiger charge is 2.15. The number of amides is 1. The molecule has 0 aliphatic rings. The highest BCUT2D eigenvalue weighted by atomic mass is 32.2. The van der Waals surface area contributed by atoms with Gasteiger partial charge in [-0.25, -0.2) is 0 Å². The Kier molecular flexibility index (Phi) is 17.2. The van der Waals surface area contributed by atoms with Gasteiger partial charge in [0.05, 0.1) is 62.1 Å². The van der Waals surface area contributed by atoms with Gasteiger partial charge in [0.25, 0.3) is 16.0 Å². The van der Waals surface area contributed by atoms with E-state index in [1.54, 1.807) is 86.0 Å². The van der Waals surface area contributed by atoms with Gasteiger partial charge in [-0.2, -0.15) is 34.0 Å². The number of azo groups is 4. The van der Waals surface area contributed by atoms with Crippen LogP contribution in [0, 0.1) is 13.8 Å². The third-order valence-corrected chi connectivity index (χ3v) is 13.4. The van der Waals surface area contributed by atoms with Crippen LogP contribution in [0.1, 0.15) is 34.3 Å². The summed E-state index contributed by atoms with van der Waals surface area (Å²) in [4.78, 5) is 13.3. The van der Waals surface area contributed by atoms with Crippen molar-refractivity contribution in [1.82, 2.24) is 0 Å². The Morgan fingerprint density at radius 1 is 0.500 bits per heavy atom. The molecule has 80 heavy (non-hydrogen) atoms. The maximum atomic E-state index is 13.3. The molecule has 0 unspecified atom stereocenters. The molecule has 9 rings (SSSR count). The van der Waals surface area contributed by atoms with E-state index in [0.717, 1.165) is 44.4 Å². The molecule has 19 nitrogen and oxygen atoms in total. The van der Waals surface area contributed by atoms with Crippen molar-refractivity contribution in [3.05, 3.63) is 180 Å². The summed E-state index contributed by atoms with van der Waals surface area (Å²) in [5, 5.41) is 56.0. The molecule has 0 saturated carbocycles. The monoisotopic (exact) mass is 1090 g/mol. The number of methoxy groups -OCH3 is 3. The molecule has 404 valence electrons. The van der Waals surface area contributed by atoms with Gasteiger partial charge in [-0.05, 0) is 182 Å². The lowest BCUT2D eigenvalue weighted by atomic mass is 10.1. The SMILES string of the molecule is COc1ccc(Nc2ccc3c(O)c(N=Nc4cc(OC)c(N=Nc5ccc(N=Nc6ccc(N=Nc7ccc(C(=O)Nc8ccc9c(OCCCCS(=O)(=O)O)cccc9c8)cc7C)cc6)c(C)c5)cc4OC)ccc3c2)cc1. The number of phenolic OH excluding ortho intramolecular Hbond substituents is 1. The second kappa shape index (κ2) is 25.0. The summed E-state index contributed by atoms with van der Waals surface area (Å²) in [6.07, 6.45) is 0.750. The Hall–Kier alpha value is -9.92. The first-order chi connectivity index (χ1) is 38.7. The summed E-state index contributed by atoms with van der Waals surface area (Å²) < 4.78 is 53.3. The lowest BCUT2D eigenvalue weighted by Crippen LogP contribution is -2.12. The molecular formula is C60H54N10O9S. The van der Waals surface area contributed by atoms with Crippen molar-refractivity contribution in [2.75, 3.05) is 44.3 Å². The number of nitrogens with zero attached hydrogens (tertiary/aromatic N) is 8. The lowest BCUT2D eigenvalue weighted by Gasteiger charge is -2.11. The van der Waals surface area contributed by atoms with E-state index in [-0.39, 0.29) is 29.5 Å². The third kappa shape index (κ3) is 14.0. The number of benzene rings is 9. The van der Waals surface area contributed by atoms with Gasteiger partial charge in [0.15, 0.2) is 5.75 Å². The van der Waals surface area contributed by atoms with Crippen LogP contribution in [0.3, 0.4) is 0 Å². The van der Waals surface area contributed by atoms with Crippen molar-refractivity contribution in [2.24, 2.45) is 40.9 Å². The summed E-state index contributed by atoms with van der Waals surface area (Å²) in [5.74, 6) is 1.53. The van der Waals surface area contributed by atoms with E-state index in [0.29, 0.717) is 86.7 Å². The van der Waals surface area contributed by atoms with Crippen molar-refractivity contribution < 1.29 is 41.8 Å². The number of hydrogen-bond acceptors (Lipinski definition) is 17. The molecule has 1 amide bonds. The minimum Gasteiger partial charge on any atom is -0.505 e. The molecule has 0 radical (unpaired) electrons. The second-order valence-corrected chi connectivity index (χ2v) is 19.8. The van der Waals surface area contributed by atoms with Crippen molar-refractivity contribution in [1.29, 1.82) is 0 Å². The predicted molar refractivity (Wildman–Crippen MR) is 310 cm³/mol. The van der Waals surface area contributed by atoms with Crippen LogP contribution in [-0.4, -0.2) is 57.7 Å². The van der Waals surface area contributed by atoms with Crippen LogP contribution < -0.4 is 29.6 Å². The standard InChI is InChI=1S/C60H54N10O9S/c1-37-31-41(60(72)62-46-19-24-49-39(33-46)9-8-10-56(49)79-29-6-7-30-80(73,74)75)12-26-51(37)66-63-43-13-15-44(16-14-43)64-67-52-28-21-47(32-38(52)2)65-69-54-35-58(78-5)55(36-57(54)77-4)70-68-53-27-11-40-34-45(20-25-50(40)59(53)71)61-42-17-22-48(76-3)23-18-42/h8-28,31-36,61,71H,6-7,29-30H2,1-5H3,(H,62,72)(H,73,74,75). The molecule has 0 fully saturated rings. The number of carbonyl (C=O) groups is 1. The van der Waals surface area contributed by atoms with E-state index < -0.39 is 10.1 Å². The van der Waals surface area contributed by atoms with Crippen LogP contribution in [0.5, 0.6) is 28.7 Å². The van der Waals surface area contributed by atoms with Gasteiger partial charge in [0.2, 0.25) is 0 Å². The van der Waals surface area contributed by atoms with Crippen molar-refractivity contribution in [3.63, 3.8) is 0 Å². The smallest absolute Gasteiger partial charge is 0.264 e. The van der Waals surface area contributed by atoms with Crippen molar-refractivity contribution in [3.8, 4) is 28.7 Å². The second-order valence-electron chi connectivity index (χ2n) is 18.2. The highest BCUT2D eigenvalue weighted by Crippen LogP contribution is 2.43. The topological polar surface area (TPSA) is 252 Å². The van der Waals surface area contributed by atoms with E-state index in [1.165, 1.54) is 14.2 Å². The average Bonchev–Trinajstić information content (AvgIpc) is 3.50. The summed E-state index contributed by atoms with van der Waals surface area (Å²) in [5.41, 5.74) is 8.43. The highest BCUT2D eigenvalue weighted by molar-refractivity contribution is 7.85. The number of ether oxygens (including phenoxy) is 4. The Labute approximate surface area is 461 Å². The molecule has 0 heterocycles. The zero-order valence-electron chi connectivity index (χ0n) is 44.2. The number of unbranched alkanes of at least 4 members (excludes halogenated alkanes) is 1. The number of aryl methyl sites for hydroxylation is 2. The van der Waals surface area contributed by atoms with Crippen LogP contribution in [-0.2, 0) is 10.1 Å². The van der Waals surface area contributed by atoms with Gasteiger partial charge in [0.1, 0.15) is 40.1 Å². The fourth-order valence-electron chi connectivity index (χ4n) is 8.30. The largest absolute Gasteiger partial charge is 0.505 e. The number of fused-ring (bicyclic) bond motifs is 2. The molecule has 20 heteroatoms. The minimum atomic E-state index is -4.00. The molecule has 9 aromatic carbocycles. The van der Waals surface area contributed by atoms with E-state index >= 15 is 0 Å². The van der Waals surface area contributed by atoms with Crippen LogP contribution in [0.25, 0.3) is 21.5 Å². The predicted octanol–water partition coefficient (Wildman–Crippen LogP) is 17.0. The van der Waals surface area contributed by atoms with Crippen molar-refractivity contribution in [2.45, 2.75) is 26.7 Å². The number of hydrogen-bond donors (Lipinski definition) is 4. The molecule has 0 atom stereocenters. The first kappa shape index (κ1) is 54.9. The fourth-order valence-corrected chi connectivity index (χ4v) is 8.87. The van der Waals surface area contributed by atoms with Gasteiger partial charge in [-0.3, -0.25) is 9.35 Å². The molecule has 0 bridgehead atoms. The maximum Gasteiger partial charge on any atom is 0.264 e. The number of phenols is 1. The fraction of sp³-hybridized carbons (Fsp3) is 0.150. The molecule has 4 N–H and O–H groups in total. The Morgan fingerprint density at radius 3 is 1.70 bits per heavy atom. The molecular weight excluding hydrogens is 1040 g/mol. The van der Waals surface area contributed by atoms with Crippen LogP contribution in [0.4, 0.5) is 62.6 Å². The number of carbonyl (C=O) groups excluding carboxylic acids is 1. The van der Waals surface area contributed by atoms with Crippen LogP contribution in [0.15, 0.2) is 205 Å². The molecule has 0 saturated heterocycles. The summed E-state index contributed by atoms with van der Waals surface area (Å²) in [6, 6.07) is 48.9. The molecule has 0 aromatic heterocycles. The molecule has 0 aliphatic heterocycles. The van der Waals surface area contributed by atoms with Gasteiger partial charge in [-0.1, -0.05) is 18.2 Å². The zero-order valence-corrected chi connectivity index (χ0v) is 45.0. The zero-order chi connectivity index (χ0) is 56.2. The summed E-state index contributed by atoms with van der Waals surface area (Å²) in [7, 11) is 0.645. The van der Waals surface area contributed by atoms with E-state index in [2.05, 4.69) is 51.5 Å². The van der Waals surface area contributed by atoms with Crippen LogP contribution >= 0.6 is 0 Å². The lowest BCUT2D eigenvalue weighted by molar-refractivity contribution is 0.102. The summed E-state index contributed by atoms with van der Waals surface area (Å²) in [6.45, 7) is 4.05. The van der Waals surface area contributed by atoms with E-state index in [9.17, 15) is 18.3 Å². The third-order valence-electron chi connectivity index (χ3n) is 12.6. The van der Waals surface area contributed by atoms with Crippen molar-refractivity contribution >= 4 is 100 Å². The van der Waals surface area contributed by atoms with Gasteiger partial charge < -0.3 is 34.7 Å². The number of rotatable bonds is 21. The van der Waals surface area contributed by atoms with E-state index in [1.807, 2.05) is 98.8 Å². The van der Waals surface area contributed by atoms with Crippen LogP contribution in [0.2, 0.25) is 0 Å². The number of anilines is 3. The number of nitrogens with one attached hydrogen (secondary N) is 2. The van der Waals surface area contributed by atoms with Gasteiger partial charge in [0, 0.05) is 45.5 Å². The van der Waals surface area contributed by atoms with Gasteiger partial charge >= 0.3 is 0 Å². The summed E-state index contributed by atoms with van der Waals surface area (Å²) >= 11 is 0. The molecule has 0 spiro atoms. The van der Waals surface area contributed by atoms with E-state index in [4.69, 9.17) is 23.5 Å². The quantitative estimate of drug-likeness (QED) is 0.0301. The van der Waals surface area contributed by atoms with Gasteiger partial charge in [-0.15, -0.1) is 15.3 Å². The molecule has 9 aromatic rings. The number of aromatic hydroxyl groups is 1. The first-order valence-electron chi connectivity index (χ1n) is 25.1. The minimum absolute atomic E-state index is 0.0164. The normalized spacial score (nSPS) is 11.8. The average molecular weight is 1090 g/mol. The Bertz CT molecular complexity index is 3980. The Morgan fingerprint density at radius 2 is 1.05 bits per heavy atom.